The van der Waals surface area contributed by atoms with E-state index in [4.69, 9.17) is 0 Å². The summed E-state index contributed by atoms with van der Waals surface area (Å²) < 4.78 is 0. The quantitative estimate of drug-likeness (QED) is 0.831. The predicted molar refractivity (Wildman–Crippen MR) is 80.6 cm³/mol. The smallest absolute Gasteiger partial charge is 0.144 e. The molecule has 5 heteroatoms. The van der Waals surface area contributed by atoms with Gasteiger partial charge in [0.05, 0.1) is 6.54 Å². The Morgan fingerprint density at radius 1 is 1.45 bits per heavy atom. The van der Waals surface area contributed by atoms with Crippen molar-refractivity contribution >= 4 is 5.82 Å². The molecule has 0 aliphatic carbocycles. The Bertz CT molecular complexity index is 424. The predicted octanol–water partition coefficient (Wildman–Crippen LogP) is 1.81. The number of rotatable bonds is 6. The zero-order valence-electron chi connectivity index (χ0n) is 12.6. The van der Waals surface area contributed by atoms with Gasteiger partial charge in [-0.1, -0.05) is 6.92 Å². The number of nitrogens with zero attached hydrogens (tertiary/aromatic N) is 3. The third-order valence-corrected chi connectivity index (χ3v) is 3.68. The molecule has 0 spiro atoms. The second-order valence-corrected chi connectivity index (χ2v) is 5.66. The molecular weight excluding hydrogens is 252 g/mol. The van der Waals surface area contributed by atoms with Gasteiger partial charge in [0.25, 0.3) is 0 Å². The molecule has 1 aliphatic heterocycles. The lowest BCUT2D eigenvalue weighted by Gasteiger charge is -2.31. The molecule has 20 heavy (non-hydrogen) atoms. The van der Waals surface area contributed by atoms with Gasteiger partial charge in [-0.25, -0.2) is 9.97 Å². The Balaban J connectivity index is 1.99. The first-order chi connectivity index (χ1) is 9.71. The third kappa shape index (κ3) is 4.42. The summed E-state index contributed by atoms with van der Waals surface area (Å²) in [6, 6.07) is 1.99. The van der Waals surface area contributed by atoms with Gasteiger partial charge < -0.3 is 10.4 Å². The number of anilines is 1. The number of piperidine rings is 1. The molecule has 2 rings (SSSR count). The molecule has 0 radical (unpaired) electrons. The van der Waals surface area contributed by atoms with Gasteiger partial charge in [-0.05, 0) is 38.6 Å². The van der Waals surface area contributed by atoms with E-state index in [-0.39, 0.29) is 6.61 Å². The fourth-order valence-electron chi connectivity index (χ4n) is 2.69. The van der Waals surface area contributed by atoms with Crippen LogP contribution in [0.3, 0.4) is 0 Å². The minimum Gasteiger partial charge on any atom is -0.396 e. The normalized spacial score (nSPS) is 20.1. The van der Waals surface area contributed by atoms with Crippen LogP contribution in [-0.2, 0) is 6.54 Å². The first-order valence-corrected chi connectivity index (χ1v) is 7.63. The minimum atomic E-state index is 0.286. The molecule has 0 saturated carbocycles. The van der Waals surface area contributed by atoms with Gasteiger partial charge in [-0.3, -0.25) is 4.90 Å². The number of aromatic nitrogens is 2. The van der Waals surface area contributed by atoms with Crippen molar-refractivity contribution in [3.8, 4) is 0 Å². The SMILES string of the molecule is CCCNc1cc(C)nc(CN2CCCC(CO)C2)n1. The highest BCUT2D eigenvalue weighted by molar-refractivity contribution is 5.35. The van der Waals surface area contributed by atoms with Gasteiger partial charge in [0.15, 0.2) is 0 Å². The Morgan fingerprint density at radius 3 is 3.05 bits per heavy atom. The number of hydrogen-bond acceptors (Lipinski definition) is 5. The van der Waals surface area contributed by atoms with E-state index >= 15 is 0 Å². The summed E-state index contributed by atoms with van der Waals surface area (Å²) in [6.45, 7) is 8.18. The molecular formula is C15H26N4O. The van der Waals surface area contributed by atoms with Crippen molar-refractivity contribution < 1.29 is 5.11 Å². The maximum Gasteiger partial charge on any atom is 0.144 e. The Labute approximate surface area is 121 Å². The molecule has 1 aromatic rings. The highest BCUT2D eigenvalue weighted by Gasteiger charge is 2.20. The van der Waals surface area contributed by atoms with E-state index in [0.29, 0.717) is 5.92 Å². The van der Waals surface area contributed by atoms with Gasteiger partial charge in [-0.15, -0.1) is 0 Å². The van der Waals surface area contributed by atoms with Crippen molar-refractivity contribution in [1.29, 1.82) is 0 Å². The summed E-state index contributed by atoms with van der Waals surface area (Å²) in [5.41, 5.74) is 1.00. The van der Waals surface area contributed by atoms with Crippen LogP contribution in [0.25, 0.3) is 0 Å². The zero-order valence-corrected chi connectivity index (χ0v) is 12.6. The molecule has 0 amide bonds. The van der Waals surface area contributed by atoms with E-state index in [1.807, 2.05) is 13.0 Å². The number of hydrogen-bond donors (Lipinski definition) is 2. The summed E-state index contributed by atoms with van der Waals surface area (Å²) in [7, 11) is 0. The maximum atomic E-state index is 9.29. The molecule has 0 bridgehead atoms. The van der Waals surface area contributed by atoms with Crippen LogP contribution in [0.5, 0.6) is 0 Å². The molecule has 1 atom stereocenters. The first-order valence-electron chi connectivity index (χ1n) is 7.63. The van der Waals surface area contributed by atoms with Crippen LogP contribution in [0.2, 0.25) is 0 Å². The molecule has 0 aromatic carbocycles. The average molecular weight is 278 g/mol. The molecule has 2 N–H and O–H groups in total. The molecule has 2 heterocycles. The zero-order chi connectivity index (χ0) is 14.4. The van der Waals surface area contributed by atoms with Gasteiger partial charge in [0.2, 0.25) is 0 Å². The molecule has 1 fully saturated rings. The molecule has 1 saturated heterocycles. The van der Waals surface area contributed by atoms with Gasteiger partial charge in [0.1, 0.15) is 11.6 Å². The maximum absolute atomic E-state index is 9.29. The van der Waals surface area contributed by atoms with Crippen LogP contribution in [0.1, 0.15) is 37.7 Å². The van der Waals surface area contributed by atoms with Gasteiger partial charge in [-0.2, -0.15) is 0 Å². The van der Waals surface area contributed by atoms with Crippen molar-refractivity contribution in [2.45, 2.75) is 39.7 Å². The Hall–Kier alpha value is -1.20. The highest BCUT2D eigenvalue weighted by Crippen LogP contribution is 2.17. The van der Waals surface area contributed by atoms with Crippen LogP contribution in [0.4, 0.5) is 5.82 Å². The number of aryl methyl sites for hydroxylation is 1. The van der Waals surface area contributed by atoms with Gasteiger partial charge in [0, 0.05) is 31.5 Å². The number of aliphatic hydroxyl groups excluding tert-OH is 1. The van der Waals surface area contributed by atoms with Gasteiger partial charge >= 0.3 is 0 Å². The van der Waals surface area contributed by atoms with E-state index in [0.717, 1.165) is 62.8 Å². The van der Waals surface area contributed by atoms with E-state index < -0.39 is 0 Å². The fourth-order valence-corrected chi connectivity index (χ4v) is 2.69. The second-order valence-electron chi connectivity index (χ2n) is 5.66. The van der Waals surface area contributed by atoms with Crippen molar-refractivity contribution in [2.75, 3.05) is 31.6 Å². The van der Waals surface area contributed by atoms with E-state index in [2.05, 4.69) is 27.1 Å². The van der Waals surface area contributed by atoms with Crippen molar-refractivity contribution in [3.63, 3.8) is 0 Å². The van der Waals surface area contributed by atoms with E-state index in [9.17, 15) is 5.11 Å². The lowest BCUT2D eigenvalue weighted by Crippen LogP contribution is -2.36. The molecule has 112 valence electrons. The second kappa shape index (κ2) is 7.55. The van der Waals surface area contributed by atoms with Crippen LogP contribution < -0.4 is 5.32 Å². The highest BCUT2D eigenvalue weighted by atomic mass is 16.3. The summed E-state index contributed by atoms with van der Waals surface area (Å²) in [6.07, 6.45) is 3.37. The molecule has 1 unspecified atom stereocenters. The van der Waals surface area contributed by atoms with Crippen molar-refractivity contribution in [1.82, 2.24) is 14.9 Å². The topological polar surface area (TPSA) is 61.3 Å². The standard InChI is InChI=1S/C15H26N4O/c1-3-6-16-14-8-12(2)17-15(18-14)10-19-7-4-5-13(9-19)11-20/h8,13,20H,3-7,9-11H2,1-2H3,(H,16,17,18). The van der Waals surface area contributed by atoms with Crippen molar-refractivity contribution in [2.24, 2.45) is 5.92 Å². The summed E-state index contributed by atoms with van der Waals surface area (Å²) in [5, 5.41) is 12.6. The number of likely N-dealkylation sites (tertiary alicyclic amines) is 1. The number of aliphatic hydroxyl groups is 1. The largest absolute Gasteiger partial charge is 0.396 e. The molecule has 1 aromatic heterocycles. The molecule has 1 aliphatic rings. The first kappa shape index (κ1) is 15.2. The Kier molecular flexibility index (Phi) is 5.73. The van der Waals surface area contributed by atoms with Crippen LogP contribution >= 0.6 is 0 Å². The van der Waals surface area contributed by atoms with E-state index in [1.54, 1.807) is 0 Å². The van der Waals surface area contributed by atoms with Crippen molar-refractivity contribution in [3.05, 3.63) is 17.6 Å². The third-order valence-electron chi connectivity index (χ3n) is 3.68. The fraction of sp³-hybridized carbons (Fsp3) is 0.733. The van der Waals surface area contributed by atoms with Crippen LogP contribution in [0, 0.1) is 12.8 Å². The Morgan fingerprint density at radius 2 is 2.30 bits per heavy atom. The minimum absolute atomic E-state index is 0.286. The van der Waals surface area contributed by atoms with E-state index in [1.165, 1.54) is 0 Å². The summed E-state index contributed by atoms with van der Waals surface area (Å²) in [4.78, 5) is 11.5. The number of nitrogens with one attached hydrogen (secondary N) is 1. The lowest BCUT2D eigenvalue weighted by molar-refractivity contribution is 0.114. The monoisotopic (exact) mass is 278 g/mol. The van der Waals surface area contributed by atoms with Crippen LogP contribution in [0.15, 0.2) is 6.07 Å². The van der Waals surface area contributed by atoms with Crippen LogP contribution in [-0.4, -0.2) is 46.2 Å². The summed E-state index contributed by atoms with van der Waals surface area (Å²) in [5.74, 6) is 2.21. The lowest BCUT2D eigenvalue weighted by atomic mass is 9.99. The molecule has 5 nitrogen and oxygen atoms in total. The average Bonchev–Trinajstić information content (AvgIpc) is 2.44. The summed E-state index contributed by atoms with van der Waals surface area (Å²) >= 11 is 0.